The van der Waals surface area contributed by atoms with Gasteiger partial charge in [-0.2, -0.15) is 5.10 Å². The minimum Gasteiger partial charge on any atom is -0.481 e. The van der Waals surface area contributed by atoms with Crippen molar-refractivity contribution in [3.8, 4) is 5.75 Å². The average Bonchev–Trinajstić information content (AvgIpc) is 2.62. The van der Waals surface area contributed by atoms with Gasteiger partial charge in [-0.15, -0.1) is 0 Å². The van der Waals surface area contributed by atoms with Crippen LogP contribution in [0.2, 0.25) is 0 Å². The van der Waals surface area contributed by atoms with E-state index >= 15 is 0 Å². The first-order chi connectivity index (χ1) is 12.5. The molecule has 0 saturated heterocycles. The molecule has 2 aromatic carbocycles. The zero-order valence-corrected chi connectivity index (χ0v) is 13.9. The average molecular weight is 355 g/mol. The summed E-state index contributed by atoms with van der Waals surface area (Å²) in [6, 6.07) is 13.6. The summed E-state index contributed by atoms with van der Waals surface area (Å²) in [6.45, 7) is 1.30. The van der Waals surface area contributed by atoms with Crippen molar-refractivity contribution >= 4 is 29.7 Å². The first-order valence-corrected chi connectivity index (χ1v) is 7.61. The van der Waals surface area contributed by atoms with Crippen LogP contribution in [0.3, 0.4) is 0 Å². The maximum absolute atomic E-state index is 11.9. The van der Waals surface area contributed by atoms with E-state index in [0.717, 1.165) is 5.56 Å². The van der Waals surface area contributed by atoms with Gasteiger partial charge in [0.05, 0.1) is 6.21 Å². The van der Waals surface area contributed by atoms with Gasteiger partial charge in [-0.05, 0) is 30.7 Å². The van der Waals surface area contributed by atoms with Gasteiger partial charge in [0.25, 0.3) is 0 Å². The van der Waals surface area contributed by atoms with E-state index in [1.807, 2.05) is 6.07 Å². The third-order valence-electron chi connectivity index (χ3n) is 3.24. The van der Waals surface area contributed by atoms with Gasteiger partial charge >= 0.3 is 17.8 Å². The van der Waals surface area contributed by atoms with E-state index in [-0.39, 0.29) is 5.75 Å². The number of carboxylic acids is 1. The number of ether oxygens (including phenoxy) is 1. The second kappa shape index (κ2) is 8.97. The number of aryl methyl sites for hydroxylation is 1. The molecule has 2 rings (SSSR count). The molecule has 0 saturated carbocycles. The number of anilines is 1. The van der Waals surface area contributed by atoms with Crippen molar-refractivity contribution < 1.29 is 24.2 Å². The van der Waals surface area contributed by atoms with Crippen LogP contribution >= 0.6 is 0 Å². The predicted octanol–water partition coefficient (Wildman–Crippen LogP) is 1.55. The number of aliphatic carboxylic acids is 1. The molecule has 3 N–H and O–H groups in total. The smallest absolute Gasteiger partial charge is 0.341 e. The van der Waals surface area contributed by atoms with E-state index in [9.17, 15) is 14.4 Å². The van der Waals surface area contributed by atoms with E-state index < -0.39 is 24.4 Å². The molecule has 0 aliphatic heterocycles. The summed E-state index contributed by atoms with van der Waals surface area (Å²) >= 11 is 0. The fourth-order valence-electron chi connectivity index (χ4n) is 1.96. The Bertz CT molecular complexity index is 848. The molecule has 134 valence electrons. The number of carbonyl (C=O) groups excluding carboxylic acids is 2. The second-order valence-corrected chi connectivity index (χ2v) is 5.19. The van der Waals surface area contributed by atoms with Gasteiger partial charge < -0.3 is 15.2 Å². The van der Waals surface area contributed by atoms with E-state index in [1.165, 1.54) is 6.21 Å². The van der Waals surface area contributed by atoms with Crippen molar-refractivity contribution in [3.63, 3.8) is 0 Å². The summed E-state index contributed by atoms with van der Waals surface area (Å²) in [6.07, 6.45) is 1.26. The van der Waals surface area contributed by atoms with Crippen LogP contribution in [-0.4, -0.2) is 35.7 Å². The largest absolute Gasteiger partial charge is 0.481 e. The van der Waals surface area contributed by atoms with Crippen LogP contribution < -0.4 is 15.5 Å². The maximum Gasteiger partial charge on any atom is 0.341 e. The van der Waals surface area contributed by atoms with Crippen LogP contribution in [0.5, 0.6) is 5.75 Å². The normalized spacial score (nSPS) is 10.3. The Morgan fingerprint density at radius 2 is 1.77 bits per heavy atom. The summed E-state index contributed by atoms with van der Waals surface area (Å²) in [5.41, 5.74) is 3.91. The molecule has 0 aliphatic rings. The Balaban J connectivity index is 1.95. The summed E-state index contributed by atoms with van der Waals surface area (Å²) in [7, 11) is 0. The summed E-state index contributed by atoms with van der Waals surface area (Å²) in [5, 5.41) is 14.8. The van der Waals surface area contributed by atoms with Crippen molar-refractivity contribution in [2.24, 2.45) is 5.10 Å². The molecule has 2 aromatic rings. The molecular weight excluding hydrogens is 338 g/mol. The number of hydrazone groups is 1. The molecule has 2 amide bonds. The van der Waals surface area contributed by atoms with E-state index in [0.29, 0.717) is 11.3 Å². The zero-order chi connectivity index (χ0) is 18.9. The molecule has 0 bridgehead atoms. The monoisotopic (exact) mass is 355 g/mol. The van der Waals surface area contributed by atoms with Gasteiger partial charge in [0.15, 0.2) is 6.61 Å². The molecule has 8 nitrogen and oxygen atoms in total. The van der Waals surface area contributed by atoms with Crippen LogP contribution in [0.4, 0.5) is 5.69 Å². The number of hydrogen-bond acceptors (Lipinski definition) is 5. The fourth-order valence-corrected chi connectivity index (χ4v) is 1.96. The van der Waals surface area contributed by atoms with Crippen molar-refractivity contribution in [2.45, 2.75) is 6.92 Å². The minimum atomic E-state index is -1.11. The lowest BCUT2D eigenvalue weighted by molar-refractivity contribution is -0.139. The third-order valence-corrected chi connectivity index (χ3v) is 3.24. The molecular formula is C18H17N3O5. The van der Waals surface area contributed by atoms with Crippen molar-refractivity contribution in [2.75, 3.05) is 11.9 Å². The van der Waals surface area contributed by atoms with Crippen LogP contribution in [0.25, 0.3) is 0 Å². The van der Waals surface area contributed by atoms with Crippen LogP contribution in [-0.2, 0) is 14.4 Å². The molecule has 0 fully saturated rings. The highest BCUT2D eigenvalue weighted by molar-refractivity contribution is 6.39. The molecule has 0 aliphatic carbocycles. The van der Waals surface area contributed by atoms with Crippen molar-refractivity contribution in [3.05, 3.63) is 59.7 Å². The van der Waals surface area contributed by atoms with E-state index in [2.05, 4.69) is 15.8 Å². The Morgan fingerprint density at radius 1 is 1.08 bits per heavy atom. The van der Waals surface area contributed by atoms with E-state index in [1.54, 1.807) is 49.4 Å². The summed E-state index contributed by atoms with van der Waals surface area (Å²) in [4.78, 5) is 34.2. The minimum absolute atomic E-state index is 0.289. The molecule has 26 heavy (non-hydrogen) atoms. The van der Waals surface area contributed by atoms with Gasteiger partial charge in [-0.25, -0.2) is 10.2 Å². The highest BCUT2D eigenvalue weighted by Crippen LogP contribution is 2.15. The van der Waals surface area contributed by atoms with Gasteiger partial charge in [0.2, 0.25) is 0 Å². The quantitative estimate of drug-likeness (QED) is 0.413. The summed E-state index contributed by atoms with van der Waals surface area (Å²) in [5.74, 6) is -2.62. The van der Waals surface area contributed by atoms with Crippen LogP contribution in [0.1, 0.15) is 11.1 Å². The topological polar surface area (TPSA) is 117 Å². The number of amides is 2. The second-order valence-electron chi connectivity index (χ2n) is 5.19. The molecule has 0 radical (unpaired) electrons. The first kappa shape index (κ1) is 18.7. The molecule has 0 unspecified atom stereocenters. The number of nitrogens with zero attached hydrogens (tertiary/aromatic N) is 1. The maximum atomic E-state index is 11.9. The predicted molar refractivity (Wildman–Crippen MR) is 95.1 cm³/mol. The van der Waals surface area contributed by atoms with E-state index in [4.69, 9.17) is 9.84 Å². The van der Waals surface area contributed by atoms with Crippen LogP contribution in [0.15, 0.2) is 53.6 Å². The lowest BCUT2D eigenvalue weighted by atomic mass is 10.2. The standard InChI is InChI=1S/C18H17N3O5/c1-12-6-2-4-8-14(12)20-17(24)18(25)21-19-10-13-7-3-5-9-15(13)26-11-16(22)23/h2-10H,11H2,1H3,(H,20,24)(H,21,25)(H,22,23)/b19-10-. The fraction of sp³-hybridized carbons (Fsp3) is 0.111. The number of rotatable bonds is 6. The lowest BCUT2D eigenvalue weighted by Gasteiger charge is -2.07. The number of para-hydroxylation sites is 2. The van der Waals surface area contributed by atoms with Gasteiger partial charge in [-0.1, -0.05) is 30.3 Å². The zero-order valence-electron chi connectivity index (χ0n) is 13.9. The summed E-state index contributed by atoms with van der Waals surface area (Å²) < 4.78 is 5.11. The third kappa shape index (κ3) is 5.45. The Labute approximate surface area is 149 Å². The first-order valence-electron chi connectivity index (χ1n) is 7.61. The highest BCUT2D eigenvalue weighted by atomic mass is 16.5. The molecule has 0 aromatic heterocycles. The number of hydrogen-bond donors (Lipinski definition) is 3. The number of carboxylic acid groups (broad SMARTS) is 1. The molecule has 0 heterocycles. The number of benzene rings is 2. The Kier molecular flexibility index (Phi) is 6.44. The number of carbonyl (C=O) groups is 3. The lowest BCUT2D eigenvalue weighted by Crippen LogP contribution is -2.32. The molecule has 0 atom stereocenters. The van der Waals surface area contributed by atoms with Gasteiger partial charge in [0.1, 0.15) is 5.75 Å². The highest BCUT2D eigenvalue weighted by Gasteiger charge is 2.13. The van der Waals surface area contributed by atoms with Crippen molar-refractivity contribution in [1.29, 1.82) is 0 Å². The van der Waals surface area contributed by atoms with Gasteiger partial charge in [0, 0.05) is 11.3 Å². The molecule has 0 spiro atoms. The van der Waals surface area contributed by atoms with Crippen LogP contribution in [0, 0.1) is 6.92 Å². The Hall–Kier alpha value is -3.68. The van der Waals surface area contributed by atoms with Gasteiger partial charge in [-0.3, -0.25) is 9.59 Å². The van der Waals surface area contributed by atoms with Crippen molar-refractivity contribution in [1.82, 2.24) is 5.43 Å². The number of nitrogens with one attached hydrogen (secondary N) is 2. The SMILES string of the molecule is Cc1ccccc1NC(=O)C(=O)N/N=C\c1ccccc1OCC(=O)O. The Morgan fingerprint density at radius 3 is 2.50 bits per heavy atom. The molecule has 8 heteroatoms.